The third-order valence-electron chi connectivity index (χ3n) is 4.18. The molecule has 3 aromatic carbocycles. The molecule has 0 aliphatic heterocycles. The summed E-state index contributed by atoms with van der Waals surface area (Å²) in [6.07, 6.45) is -0.132. The molecule has 0 saturated carbocycles. The van der Waals surface area contributed by atoms with Crippen LogP contribution in [0.15, 0.2) is 72.8 Å². The van der Waals surface area contributed by atoms with Crippen molar-refractivity contribution < 1.29 is 14.5 Å². The first kappa shape index (κ1) is 22.4. The van der Waals surface area contributed by atoms with Crippen molar-refractivity contribution in [2.45, 2.75) is 6.42 Å². The number of para-hydroxylation sites is 3. The molecule has 0 aliphatic rings. The van der Waals surface area contributed by atoms with Crippen molar-refractivity contribution in [1.82, 2.24) is 0 Å². The molecule has 0 fully saturated rings. The molecular weight excluding hydrogens is 408 g/mol. The molecule has 0 spiro atoms. The number of nitrogens with one attached hydrogen (secondary N) is 2. The lowest BCUT2D eigenvalue weighted by atomic mass is 10.1. The molecule has 3 aromatic rings. The zero-order valence-electron chi connectivity index (χ0n) is 15.7. The van der Waals surface area contributed by atoms with Gasteiger partial charge in [0.05, 0.1) is 22.7 Å². The highest BCUT2D eigenvalue weighted by molar-refractivity contribution is 6.06. The van der Waals surface area contributed by atoms with E-state index in [2.05, 4.69) is 10.6 Å². The number of nitrogen functional groups attached to an aromatic ring is 1. The number of carbonyl (C=O) groups is 2. The van der Waals surface area contributed by atoms with Crippen LogP contribution in [-0.2, 0) is 11.2 Å². The third kappa shape index (κ3) is 5.55. The molecule has 0 aliphatic carbocycles. The van der Waals surface area contributed by atoms with Crippen LogP contribution in [-0.4, -0.2) is 16.7 Å². The maximum Gasteiger partial charge on any atom is 0.273 e. The average molecular weight is 427 g/mol. The molecule has 4 N–H and O–H groups in total. The SMILES string of the molecule is Cl.Nc1ccccc1NC(=O)c1ccc(NC(=O)Cc2ccccc2[N+](=O)[O-])cc1. The van der Waals surface area contributed by atoms with Crippen molar-refractivity contribution in [1.29, 1.82) is 0 Å². The van der Waals surface area contributed by atoms with Crippen LogP contribution in [0.3, 0.4) is 0 Å². The third-order valence-corrected chi connectivity index (χ3v) is 4.18. The van der Waals surface area contributed by atoms with Gasteiger partial charge in [0.25, 0.3) is 11.6 Å². The van der Waals surface area contributed by atoms with E-state index in [1.54, 1.807) is 66.7 Å². The second-order valence-electron chi connectivity index (χ2n) is 6.23. The van der Waals surface area contributed by atoms with Gasteiger partial charge >= 0.3 is 0 Å². The molecule has 0 atom stereocenters. The molecule has 0 saturated heterocycles. The van der Waals surface area contributed by atoms with Crippen LogP contribution in [0.25, 0.3) is 0 Å². The van der Waals surface area contributed by atoms with Crippen molar-refractivity contribution >= 4 is 47.0 Å². The molecule has 3 rings (SSSR count). The number of nitro benzene ring substituents is 1. The number of nitrogens with zero attached hydrogens (tertiary/aromatic N) is 1. The molecule has 154 valence electrons. The van der Waals surface area contributed by atoms with Gasteiger partial charge in [-0.3, -0.25) is 19.7 Å². The molecular formula is C21H19ClN4O4. The van der Waals surface area contributed by atoms with E-state index in [1.807, 2.05) is 0 Å². The van der Waals surface area contributed by atoms with Gasteiger partial charge in [-0.1, -0.05) is 30.3 Å². The number of halogens is 1. The minimum absolute atomic E-state index is 0. The number of carbonyl (C=O) groups excluding carboxylic acids is 2. The summed E-state index contributed by atoms with van der Waals surface area (Å²) in [6.45, 7) is 0. The molecule has 0 bridgehead atoms. The summed E-state index contributed by atoms with van der Waals surface area (Å²) in [4.78, 5) is 35.1. The second kappa shape index (κ2) is 10.0. The van der Waals surface area contributed by atoms with Crippen molar-refractivity contribution in [3.05, 3.63) is 94.0 Å². The lowest BCUT2D eigenvalue weighted by Gasteiger charge is -2.09. The lowest BCUT2D eigenvalue weighted by Crippen LogP contribution is -2.16. The quantitative estimate of drug-likeness (QED) is 0.311. The van der Waals surface area contributed by atoms with Gasteiger partial charge in [-0.15, -0.1) is 12.4 Å². The highest BCUT2D eigenvalue weighted by Gasteiger charge is 2.15. The Balaban J connectivity index is 0.00000320. The number of rotatable bonds is 6. The van der Waals surface area contributed by atoms with E-state index < -0.39 is 10.8 Å². The van der Waals surface area contributed by atoms with Crippen molar-refractivity contribution in [2.24, 2.45) is 0 Å². The van der Waals surface area contributed by atoms with E-state index in [0.29, 0.717) is 28.2 Å². The van der Waals surface area contributed by atoms with Gasteiger partial charge in [-0.05, 0) is 36.4 Å². The van der Waals surface area contributed by atoms with E-state index >= 15 is 0 Å². The molecule has 0 radical (unpaired) electrons. The first-order chi connectivity index (χ1) is 13.9. The first-order valence-corrected chi connectivity index (χ1v) is 8.72. The molecule has 8 nitrogen and oxygen atoms in total. The predicted octanol–water partition coefficient (Wildman–Crippen LogP) is 4.03. The standard InChI is InChI=1S/C21H18N4O4.ClH/c22-17-6-2-3-7-18(17)24-21(27)14-9-11-16(12-10-14)23-20(26)13-15-5-1-4-8-19(15)25(28)29;/h1-12H,13,22H2,(H,23,26)(H,24,27);1H. The largest absolute Gasteiger partial charge is 0.397 e. The van der Waals surface area contributed by atoms with E-state index in [-0.39, 0.29) is 30.4 Å². The zero-order valence-corrected chi connectivity index (χ0v) is 16.5. The van der Waals surface area contributed by atoms with E-state index in [4.69, 9.17) is 5.73 Å². The fourth-order valence-electron chi connectivity index (χ4n) is 2.73. The molecule has 0 aromatic heterocycles. The first-order valence-electron chi connectivity index (χ1n) is 8.72. The molecule has 0 heterocycles. The molecule has 9 heteroatoms. The molecule has 0 unspecified atom stereocenters. The Bertz CT molecular complexity index is 1070. The number of nitro groups is 1. The summed E-state index contributed by atoms with van der Waals surface area (Å²) in [5, 5.41) is 16.4. The summed E-state index contributed by atoms with van der Waals surface area (Å²) < 4.78 is 0. The Labute approximate surface area is 178 Å². The van der Waals surface area contributed by atoms with E-state index in [1.165, 1.54) is 6.07 Å². The lowest BCUT2D eigenvalue weighted by molar-refractivity contribution is -0.385. The van der Waals surface area contributed by atoms with Crippen molar-refractivity contribution in [2.75, 3.05) is 16.4 Å². The minimum Gasteiger partial charge on any atom is -0.397 e. The zero-order chi connectivity index (χ0) is 20.8. The number of hydrogen-bond donors (Lipinski definition) is 3. The molecule has 2 amide bonds. The van der Waals surface area contributed by atoms with E-state index in [9.17, 15) is 19.7 Å². The second-order valence-corrected chi connectivity index (χ2v) is 6.23. The number of nitrogens with two attached hydrogens (primary N) is 1. The summed E-state index contributed by atoms with van der Waals surface area (Å²) in [5.74, 6) is -0.728. The summed E-state index contributed by atoms with van der Waals surface area (Å²) in [7, 11) is 0. The van der Waals surface area contributed by atoms with Gasteiger partial charge in [0.1, 0.15) is 0 Å². The smallest absolute Gasteiger partial charge is 0.273 e. The maximum absolute atomic E-state index is 12.3. The van der Waals surface area contributed by atoms with Crippen LogP contribution in [0, 0.1) is 10.1 Å². The summed E-state index contributed by atoms with van der Waals surface area (Å²) in [6, 6.07) is 19.3. The molecule has 30 heavy (non-hydrogen) atoms. The van der Waals surface area contributed by atoms with Crippen LogP contribution >= 0.6 is 12.4 Å². The Morgan fingerprint density at radius 1 is 0.900 bits per heavy atom. The maximum atomic E-state index is 12.3. The minimum atomic E-state index is -0.518. The van der Waals surface area contributed by atoms with Gasteiger partial charge in [-0.2, -0.15) is 0 Å². The predicted molar refractivity (Wildman–Crippen MR) is 118 cm³/mol. The van der Waals surface area contributed by atoms with Crippen LogP contribution < -0.4 is 16.4 Å². The van der Waals surface area contributed by atoms with Crippen LogP contribution in [0.1, 0.15) is 15.9 Å². The Kier molecular flexibility index (Phi) is 7.49. The highest BCUT2D eigenvalue weighted by Crippen LogP contribution is 2.20. The summed E-state index contributed by atoms with van der Waals surface area (Å²) in [5.41, 5.74) is 7.88. The van der Waals surface area contributed by atoms with E-state index in [0.717, 1.165) is 0 Å². The number of amides is 2. The Hall–Kier alpha value is -3.91. The fraction of sp³-hybridized carbons (Fsp3) is 0.0476. The fourth-order valence-corrected chi connectivity index (χ4v) is 2.73. The highest BCUT2D eigenvalue weighted by atomic mass is 35.5. The monoisotopic (exact) mass is 426 g/mol. The number of hydrogen-bond acceptors (Lipinski definition) is 5. The van der Waals surface area contributed by atoms with Crippen molar-refractivity contribution in [3.63, 3.8) is 0 Å². The van der Waals surface area contributed by atoms with Crippen LogP contribution in [0.2, 0.25) is 0 Å². The average Bonchev–Trinajstić information content (AvgIpc) is 2.70. The van der Waals surface area contributed by atoms with Gasteiger partial charge in [0.15, 0.2) is 0 Å². The topological polar surface area (TPSA) is 127 Å². The van der Waals surface area contributed by atoms with Crippen molar-refractivity contribution in [3.8, 4) is 0 Å². The Morgan fingerprint density at radius 2 is 1.53 bits per heavy atom. The van der Waals surface area contributed by atoms with Crippen LogP contribution in [0.4, 0.5) is 22.7 Å². The summed E-state index contributed by atoms with van der Waals surface area (Å²) >= 11 is 0. The number of anilines is 3. The Morgan fingerprint density at radius 3 is 2.20 bits per heavy atom. The van der Waals surface area contributed by atoms with Crippen LogP contribution in [0.5, 0.6) is 0 Å². The van der Waals surface area contributed by atoms with Gasteiger partial charge < -0.3 is 16.4 Å². The number of benzene rings is 3. The van der Waals surface area contributed by atoms with Gasteiger partial charge in [0, 0.05) is 22.9 Å². The van der Waals surface area contributed by atoms with Gasteiger partial charge in [-0.25, -0.2) is 0 Å². The van der Waals surface area contributed by atoms with Gasteiger partial charge in [0.2, 0.25) is 5.91 Å². The normalized spacial score (nSPS) is 9.87.